The third kappa shape index (κ3) is 5.16. The fourth-order valence-corrected chi connectivity index (χ4v) is 2.82. The van der Waals surface area contributed by atoms with Crippen LogP contribution in [-0.2, 0) is 9.53 Å². The maximum atomic E-state index is 13.0. The van der Waals surface area contributed by atoms with Crippen LogP contribution in [0.4, 0.5) is 8.78 Å². The maximum absolute atomic E-state index is 13.0. The van der Waals surface area contributed by atoms with Gasteiger partial charge >= 0.3 is 0 Å². The lowest BCUT2D eigenvalue weighted by Crippen LogP contribution is -2.50. The summed E-state index contributed by atoms with van der Waals surface area (Å²) in [6, 6.07) is -0.796. The number of rotatable bonds is 5. The Labute approximate surface area is 124 Å². The van der Waals surface area contributed by atoms with Crippen molar-refractivity contribution in [1.82, 2.24) is 15.5 Å². The largest absolute Gasteiger partial charge is 0.374 e. The molecule has 2 saturated heterocycles. The van der Waals surface area contributed by atoms with Crippen molar-refractivity contribution in [1.29, 1.82) is 0 Å². The second kappa shape index (κ2) is 6.98. The van der Waals surface area contributed by atoms with E-state index in [1.165, 1.54) is 0 Å². The zero-order valence-corrected chi connectivity index (χ0v) is 12.7. The molecule has 0 aliphatic carbocycles. The van der Waals surface area contributed by atoms with Crippen molar-refractivity contribution in [3.05, 3.63) is 0 Å². The Kier molecular flexibility index (Phi) is 5.51. The lowest BCUT2D eigenvalue weighted by molar-refractivity contribution is -0.124. The first-order valence-electron chi connectivity index (χ1n) is 7.58. The van der Waals surface area contributed by atoms with Gasteiger partial charge in [-0.3, -0.25) is 15.0 Å². The Morgan fingerprint density at radius 1 is 1.52 bits per heavy atom. The highest BCUT2D eigenvalue weighted by atomic mass is 19.3. The molecule has 2 rings (SSSR count). The van der Waals surface area contributed by atoms with Crippen LogP contribution in [0.3, 0.4) is 0 Å². The van der Waals surface area contributed by atoms with Crippen LogP contribution in [0.25, 0.3) is 0 Å². The van der Waals surface area contributed by atoms with Crippen LogP contribution < -0.4 is 10.6 Å². The number of ether oxygens (including phenoxy) is 1. The quantitative estimate of drug-likeness (QED) is 0.775. The molecule has 2 fully saturated rings. The van der Waals surface area contributed by atoms with Crippen LogP contribution in [0.5, 0.6) is 0 Å². The molecule has 2 unspecified atom stereocenters. The monoisotopic (exact) mass is 305 g/mol. The molecule has 0 saturated carbocycles. The van der Waals surface area contributed by atoms with Crippen molar-refractivity contribution in [2.45, 2.75) is 38.3 Å². The highest BCUT2D eigenvalue weighted by Crippen LogP contribution is 2.25. The van der Waals surface area contributed by atoms with Gasteiger partial charge in [-0.15, -0.1) is 0 Å². The number of carbonyl (C=O) groups is 1. The molecule has 2 aliphatic rings. The first-order chi connectivity index (χ1) is 9.85. The molecular formula is C14H25F2N3O2. The molecular weight excluding hydrogens is 280 g/mol. The summed E-state index contributed by atoms with van der Waals surface area (Å²) in [6.45, 7) is 7.60. The number of carbonyl (C=O) groups excluding carboxylic acids is 1. The number of hydrogen-bond acceptors (Lipinski definition) is 4. The highest BCUT2D eigenvalue weighted by Gasteiger charge is 2.42. The number of halogens is 2. The minimum Gasteiger partial charge on any atom is -0.374 e. The summed E-state index contributed by atoms with van der Waals surface area (Å²) in [5, 5.41) is 5.28. The van der Waals surface area contributed by atoms with E-state index in [1.54, 1.807) is 0 Å². The zero-order valence-electron chi connectivity index (χ0n) is 12.7. The van der Waals surface area contributed by atoms with Gasteiger partial charge in [0.1, 0.15) is 0 Å². The number of hydrogen-bond donors (Lipinski definition) is 2. The molecule has 0 aromatic heterocycles. The Morgan fingerprint density at radius 3 is 2.90 bits per heavy atom. The third-order valence-corrected chi connectivity index (χ3v) is 3.78. The standard InChI is InChI=1S/C14H25F2N3O2/c1-10(2)7-19-3-4-21-11(8-19)6-17-13(20)12-5-14(15,16)9-18-12/h10-12,18H,3-9H2,1-2H3,(H,17,20). The van der Waals surface area contributed by atoms with Gasteiger partial charge in [0, 0.05) is 32.6 Å². The van der Waals surface area contributed by atoms with Gasteiger partial charge in [-0.05, 0) is 5.92 Å². The van der Waals surface area contributed by atoms with Crippen LogP contribution in [0.1, 0.15) is 20.3 Å². The lowest BCUT2D eigenvalue weighted by Gasteiger charge is -2.34. The summed E-state index contributed by atoms with van der Waals surface area (Å²) in [5.74, 6) is -2.56. The van der Waals surface area contributed by atoms with Crippen molar-refractivity contribution in [2.75, 3.05) is 39.3 Å². The van der Waals surface area contributed by atoms with Gasteiger partial charge in [0.15, 0.2) is 0 Å². The molecule has 122 valence electrons. The molecule has 1 amide bonds. The average molecular weight is 305 g/mol. The van der Waals surface area contributed by atoms with E-state index in [0.717, 1.165) is 19.6 Å². The normalized spacial score (nSPS) is 29.8. The van der Waals surface area contributed by atoms with Crippen molar-refractivity contribution in [2.24, 2.45) is 5.92 Å². The van der Waals surface area contributed by atoms with E-state index in [0.29, 0.717) is 19.1 Å². The lowest BCUT2D eigenvalue weighted by atomic mass is 10.1. The third-order valence-electron chi connectivity index (χ3n) is 3.78. The number of nitrogens with zero attached hydrogens (tertiary/aromatic N) is 1. The summed E-state index contributed by atoms with van der Waals surface area (Å²) in [7, 11) is 0. The Morgan fingerprint density at radius 2 is 2.29 bits per heavy atom. The first-order valence-corrected chi connectivity index (χ1v) is 7.58. The van der Waals surface area contributed by atoms with E-state index < -0.39 is 24.9 Å². The van der Waals surface area contributed by atoms with Gasteiger partial charge in [-0.25, -0.2) is 8.78 Å². The predicted molar refractivity (Wildman–Crippen MR) is 75.4 cm³/mol. The first kappa shape index (κ1) is 16.6. The Balaban J connectivity index is 1.71. The molecule has 5 nitrogen and oxygen atoms in total. The smallest absolute Gasteiger partial charge is 0.262 e. The number of nitrogens with one attached hydrogen (secondary N) is 2. The van der Waals surface area contributed by atoms with Crippen LogP contribution in [0, 0.1) is 5.92 Å². The predicted octanol–water partition coefficient (Wildman–Crippen LogP) is 0.457. The number of morpholine rings is 1. The van der Waals surface area contributed by atoms with Gasteiger partial charge in [0.2, 0.25) is 5.91 Å². The Hall–Kier alpha value is -0.790. The SMILES string of the molecule is CC(C)CN1CCOC(CNC(=O)C2CC(F)(F)CN2)C1. The molecule has 21 heavy (non-hydrogen) atoms. The number of alkyl halides is 2. The molecule has 0 radical (unpaired) electrons. The van der Waals surface area contributed by atoms with Gasteiger partial charge < -0.3 is 10.1 Å². The van der Waals surface area contributed by atoms with Crippen LogP contribution >= 0.6 is 0 Å². The topological polar surface area (TPSA) is 53.6 Å². The van der Waals surface area contributed by atoms with E-state index in [4.69, 9.17) is 4.74 Å². The number of amides is 1. The van der Waals surface area contributed by atoms with Gasteiger partial charge in [0.05, 0.1) is 25.3 Å². The molecule has 2 heterocycles. The second-order valence-electron chi connectivity index (χ2n) is 6.38. The Bertz CT molecular complexity index is 366. The molecule has 0 aromatic carbocycles. The molecule has 2 atom stereocenters. The highest BCUT2D eigenvalue weighted by molar-refractivity contribution is 5.82. The van der Waals surface area contributed by atoms with E-state index in [-0.39, 0.29) is 12.0 Å². The molecule has 0 spiro atoms. The van der Waals surface area contributed by atoms with E-state index in [9.17, 15) is 13.6 Å². The summed E-state index contributed by atoms with van der Waals surface area (Å²) < 4.78 is 31.7. The summed E-state index contributed by atoms with van der Waals surface area (Å²) in [5.41, 5.74) is 0. The average Bonchev–Trinajstić information content (AvgIpc) is 2.76. The van der Waals surface area contributed by atoms with Crippen molar-refractivity contribution < 1.29 is 18.3 Å². The van der Waals surface area contributed by atoms with Crippen molar-refractivity contribution in [3.63, 3.8) is 0 Å². The van der Waals surface area contributed by atoms with Crippen molar-refractivity contribution >= 4 is 5.91 Å². The van der Waals surface area contributed by atoms with Crippen LogP contribution in [0.15, 0.2) is 0 Å². The van der Waals surface area contributed by atoms with E-state index in [2.05, 4.69) is 29.4 Å². The van der Waals surface area contributed by atoms with Gasteiger partial charge in [-0.1, -0.05) is 13.8 Å². The minimum absolute atomic E-state index is 0.0663. The van der Waals surface area contributed by atoms with Gasteiger partial charge in [-0.2, -0.15) is 0 Å². The fraction of sp³-hybridized carbons (Fsp3) is 0.929. The summed E-state index contributed by atoms with van der Waals surface area (Å²) in [6.07, 6.45) is -0.493. The van der Waals surface area contributed by atoms with Crippen LogP contribution in [-0.4, -0.2) is 68.2 Å². The van der Waals surface area contributed by atoms with E-state index in [1.807, 2.05) is 0 Å². The molecule has 7 heteroatoms. The maximum Gasteiger partial charge on any atom is 0.262 e. The van der Waals surface area contributed by atoms with Gasteiger partial charge in [0.25, 0.3) is 5.92 Å². The molecule has 2 N–H and O–H groups in total. The van der Waals surface area contributed by atoms with E-state index >= 15 is 0 Å². The zero-order chi connectivity index (χ0) is 15.5. The molecule has 0 bridgehead atoms. The van der Waals surface area contributed by atoms with Crippen molar-refractivity contribution in [3.8, 4) is 0 Å². The minimum atomic E-state index is -2.78. The second-order valence-corrected chi connectivity index (χ2v) is 6.38. The molecule has 2 aliphatic heterocycles. The summed E-state index contributed by atoms with van der Waals surface area (Å²) >= 11 is 0. The van der Waals surface area contributed by atoms with Crippen LogP contribution in [0.2, 0.25) is 0 Å². The fourth-order valence-electron chi connectivity index (χ4n) is 2.82. The summed E-state index contributed by atoms with van der Waals surface area (Å²) in [4.78, 5) is 14.2. The molecule has 0 aromatic rings.